The number of hydrogen-bond donors (Lipinski definition) is 1. The Labute approximate surface area is 138 Å². The second kappa shape index (κ2) is 7.43. The fourth-order valence-corrected chi connectivity index (χ4v) is 5.71. The van der Waals surface area contributed by atoms with Gasteiger partial charge >= 0.3 is 138 Å². The monoisotopic (exact) mass is 362 g/mol. The molecule has 3 heteroatoms. The second-order valence-corrected chi connectivity index (χ2v) is 7.91. The first-order valence-corrected chi connectivity index (χ1v) is 9.86. The molecule has 0 aliphatic heterocycles. The van der Waals surface area contributed by atoms with Gasteiger partial charge in [0, 0.05) is 0 Å². The van der Waals surface area contributed by atoms with E-state index in [1.165, 1.54) is 21.2 Å². The molecule has 2 nitrogen and oxygen atoms in total. The van der Waals surface area contributed by atoms with Crippen molar-refractivity contribution in [2.45, 2.75) is 36.8 Å². The van der Waals surface area contributed by atoms with Crippen molar-refractivity contribution < 1.29 is 9.84 Å². The first kappa shape index (κ1) is 15.8. The minimum absolute atomic E-state index is 0.137. The summed E-state index contributed by atoms with van der Waals surface area (Å²) in [6.45, 7) is 0. The van der Waals surface area contributed by atoms with E-state index < -0.39 is 0 Å². The molecule has 3 rings (SSSR count). The Balaban J connectivity index is 1.76. The van der Waals surface area contributed by atoms with Gasteiger partial charge in [-0.15, -0.1) is 0 Å². The molecule has 0 fully saturated rings. The third-order valence-corrected chi connectivity index (χ3v) is 6.64. The van der Waals surface area contributed by atoms with Gasteiger partial charge in [0.25, 0.3) is 0 Å². The molecule has 0 radical (unpaired) electrons. The number of methoxy groups -OCH3 is 1. The van der Waals surface area contributed by atoms with Gasteiger partial charge in [-0.25, -0.2) is 0 Å². The van der Waals surface area contributed by atoms with Crippen molar-refractivity contribution in [2.24, 2.45) is 0 Å². The van der Waals surface area contributed by atoms with Gasteiger partial charge in [-0.2, -0.15) is 0 Å². The summed E-state index contributed by atoms with van der Waals surface area (Å²) in [6, 6.07) is 16.9. The van der Waals surface area contributed by atoms with Crippen LogP contribution in [0.3, 0.4) is 0 Å². The van der Waals surface area contributed by atoms with Crippen LogP contribution in [0.4, 0.5) is 0 Å². The molecular formula is C19H22O2Se. The molecular weight excluding hydrogens is 339 g/mol. The van der Waals surface area contributed by atoms with Gasteiger partial charge < -0.3 is 0 Å². The third-order valence-electron chi connectivity index (χ3n) is 4.26. The van der Waals surface area contributed by atoms with Crippen LogP contribution in [0.2, 0.25) is 5.32 Å². The molecule has 1 aliphatic rings. The summed E-state index contributed by atoms with van der Waals surface area (Å²) in [5.41, 5.74) is 3.78. The summed E-state index contributed by atoms with van der Waals surface area (Å²) >= 11 is 0.306. The normalized spacial score (nSPS) is 18.7. The van der Waals surface area contributed by atoms with Crippen LogP contribution in [0, 0.1) is 0 Å². The molecule has 0 spiro atoms. The molecule has 0 bridgehead atoms. The Morgan fingerprint density at radius 2 is 2.00 bits per heavy atom. The van der Waals surface area contributed by atoms with Crippen molar-refractivity contribution in [3.8, 4) is 0 Å². The van der Waals surface area contributed by atoms with Crippen molar-refractivity contribution in [3.05, 3.63) is 65.2 Å². The maximum atomic E-state index is 10.4. The number of aliphatic hydroxyl groups excluding tert-OH is 1. The topological polar surface area (TPSA) is 29.5 Å². The van der Waals surface area contributed by atoms with Crippen molar-refractivity contribution in [2.75, 3.05) is 7.11 Å². The molecule has 2 aromatic rings. The average molecular weight is 361 g/mol. The number of benzene rings is 2. The third kappa shape index (κ3) is 3.44. The van der Waals surface area contributed by atoms with Crippen LogP contribution < -0.4 is 4.46 Å². The number of fused-ring (bicyclic) bond motifs is 1. The first-order chi connectivity index (χ1) is 10.8. The predicted octanol–water partition coefficient (Wildman–Crippen LogP) is 3.19. The summed E-state index contributed by atoms with van der Waals surface area (Å²) < 4.78 is 7.02. The van der Waals surface area contributed by atoms with Crippen molar-refractivity contribution in [1.82, 2.24) is 0 Å². The van der Waals surface area contributed by atoms with Gasteiger partial charge in [0.2, 0.25) is 0 Å². The van der Waals surface area contributed by atoms with E-state index in [-0.39, 0.29) is 12.2 Å². The molecule has 1 aliphatic carbocycles. The van der Waals surface area contributed by atoms with Crippen LogP contribution in [0.25, 0.3) is 0 Å². The van der Waals surface area contributed by atoms with Gasteiger partial charge in [-0.1, -0.05) is 0 Å². The number of rotatable bonds is 5. The van der Waals surface area contributed by atoms with Gasteiger partial charge in [0.05, 0.1) is 0 Å². The van der Waals surface area contributed by atoms with Crippen molar-refractivity contribution in [1.29, 1.82) is 0 Å². The van der Waals surface area contributed by atoms with E-state index in [1.54, 1.807) is 7.11 Å². The summed E-state index contributed by atoms with van der Waals surface area (Å²) in [6.07, 6.45) is 2.95. The van der Waals surface area contributed by atoms with Gasteiger partial charge in [0.1, 0.15) is 0 Å². The standard InChI is InChI=1S/C19H22O2Se/c1-21-17(14-7-3-2-4-8-14)13-22-18-12-6-10-15-9-5-11-16(20)19(15)18/h2-4,6-8,10,12,16-17,20H,5,9,11,13H2,1H3/t16-,17?/m0/s1. The van der Waals surface area contributed by atoms with E-state index in [0.29, 0.717) is 15.0 Å². The van der Waals surface area contributed by atoms with Crippen LogP contribution in [0.15, 0.2) is 48.5 Å². The van der Waals surface area contributed by atoms with Crippen LogP contribution in [0.5, 0.6) is 0 Å². The summed E-state index contributed by atoms with van der Waals surface area (Å²) in [5.74, 6) is 0. The number of aliphatic hydroxyl groups is 1. The Morgan fingerprint density at radius 1 is 1.18 bits per heavy atom. The molecule has 0 aromatic heterocycles. The SMILES string of the molecule is COC(C[Se]c1cccc2c1[C@@H](O)CCC2)c1ccccc1. The predicted molar refractivity (Wildman–Crippen MR) is 90.7 cm³/mol. The van der Waals surface area contributed by atoms with E-state index in [2.05, 4.69) is 42.5 Å². The molecule has 1 N–H and O–H groups in total. The molecule has 0 saturated heterocycles. The molecule has 0 saturated carbocycles. The zero-order valence-corrected chi connectivity index (χ0v) is 14.6. The molecule has 22 heavy (non-hydrogen) atoms. The van der Waals surface area contributed by atoms with Crippen molar-refractivity contribution in [3.63, 3.8) is 0 Å². The number of ether oxygens (including phenoxy) is 1. The Bertz CT molecular complexity index is 612. The van der Waals surface area contributed by atoms with Gasteiger partial charge in [-0.3, -0.25) is 0 Å². The summed E-state index contributed by atoms with van der Waals surface area (Å²) in [7, 11) is 1.78. The Morgan fingerprint density at radius 3 is 2.77 bits per heavy atom. The summed E-state index contributed by atoms with van der Waals surface area (Å²) in [5, 5.41) is 11.4. The number of aryl methyl sites for hydroxylation is 1. The van der Waals surface area contributed by atoms with Crippen LogP contribution in [0.1, 0.15) is 41.7 Å². The fourth-order valence-electron chi connectivity index (χ4n) is 3.08. The van der Waals surface area contributed by atoms with E-state index >= 15 is 0 Å². The Kier molecular flexibility index (Phi) is 5.32. The zero-order chi connectivity index (χ0) is 15.4. The van der Waals surface area contributed by atoms with Crippen LogP contribution >= 0.6 is 0 Å². The molecule has 2 atom stereocenters. The zero-order valence-electron chi connectivity index (χ0n) is 12.9. The first-order valence-electron chi connectivity index (χ1n) is 7.80. The molecule has 0 amide bonds. The Hall–Kier alpha value is -1.12. The van der Waals surface area contributed by atoms with E-state index in [9.17, 15) is 5.11 Å². The summed E-state index contributed by atoms with van der Waals surface area (Å²) in [4.78, 5) is 0. The fraction of sp³-hybridized carbons (Fsp3) is 0.368. The molecule has 116 valence electrons. The number of hydrogen-bond acceptors (Lipinski definition) is 2. The van der Waals surface area contributed by atoms with E-state index in [1.807, 2.05) is 6.07 Å². The van der Waals surface area contributed by atoms with E-state index in [0.717, 1.165) is 24.6 Å². The maximum absolute atomic E-state index is 10.4. The molecule has 0 heterocycles. The minimum atomic E-state index is -0.278. The van der Waals surface area contributed by atoms with E-state index in [4.69, 9.17) is 4.74 Å². The van der Waals surface area contributed by atoms with Crippen molar-refractivity contribution >= 4 is 19.4 Å². The van der Waals surface area contributed by atoms with Crippen LogP contribution in [-0.2, 0) is 11.2 Å². The van der Waals surface area contributed by atoms with Crippen LogP contribution in [-0.4, -0.2) is 27.2 Å². The quantitative estimate of drug-likeness (QED) is 0.829. The molecule has 1 unspecified atom stereocenters. The van der Waals surface area contributed by atoms with Gasteiger partial charge in [-0.05, 0) is 0 Å². The average Bonchev–Trinajstić information content (AvgIpc) is 2.56. The molecule has 2 aromatic carbocycles. The second-order valence-electron chi connectivity index (χ2n) is 5.68. The van der Waals surface area contributed by atoms with Gasteiger partial charge in [0.15, 0.2) is 0 Å².